The number of nitro benzene ring substituents is 1. The Kier molecular flexibility index (Phi) is 5.76. The SMILES string of the molecule is CCOC(=O)C1=C(C)N=c2s/c(=C/c3cccc([N+](=O)[O-])c3[O-])c(=O)n2[C@@H]1c1cccs1. The zero-order chi connectivity index (χ0) is 23.0. The van der Waals surface area contributed by atoms with Gasteiger partial charge in [0, 0.05) is 10.9 Å². The molecule has 0 spiro atoms. The predicted molar refractivity (Wildman–Crippen MR) is 117 cm³/mol. The molecule has 2 aromatic heterocycles. The predicted octanol–water partition coefficient (Wildman–Crippen LogP) is 1.84. The molecule has 0 fully saturated rings. The van der Waals surface area contributed by atoms with Crippen LogP contribution in [0.4, 0.5) is 5.69 Å². The van der Waals surface area contributed by atoms with E-state index in [4.69, 9.17) is 4.74 Å². The third-order valence-electron chi connectivity index (χ3n) is 4.84. The number of benzene rings is 1. The largest absolute Gasteiger partial charge is 0.867 e. The second-order valence-corrected chi connectivity index (χ2v) is 8.76. The van der Waals surface area contributed by atoms with Crippen molar-refractivity contribution in [3.05, 3.63) is 87.2 Å². The fraction of sp³-hybridized carbons (Fsp3) is 0.190. The molecule has 0 aliphatic carbocycles. The van der Waals surface area contributed by atoms with Crippen molar-refractivity contribution in [3.63, 3.8) is 0 Å². The summed E-state index contributed by atoms with van der Waals surface area (Å²) in [5.74, 6) is -1.33. The smallest absolute Gasteiger partial charge is 0.338 e. The van der Waals surface area contributed by atoms with Gasteiger partial charge >= 0.3 is 5.97 Å². The van der Waals surface area contributed by atoms with E-state index in [1.54, 1.807) is 13.8 Å². The van der Waals surface area contributed by atoms with Crippen molar-refractivity contribution in [2.75, 3.05) is 6.61 Å². The molecule has 1 aliphatic heterocycles. The number of para-hydroxylation sites is 1. The maximum atomic E-state index is 13.4. The fourth-order valence-corrected chi connectivity index (χ4v) is 5.31. The van der Waals surface area contributed by atoms with Crippen molar-refractivity contribution >= 4 is 40.4 Å². The van der Waals surface area contributed by atoms with Gasteiger partial charge in [0.15, 0.2) is 4.80 Å². The molecular formula is C21H16N3O6S2-. The Bertz CT molecular complexity index is 1430. The van der Waals surface area contributed by atoms with E-state index >= 15 is 0 Å². The van der Waals surface area contributed by atoms with Crippen LogP contribution in [0, 0.1) is 10.1 Å². The van der Waals surface area contributed by atoms with Gasteiger partial charge < -0.3 is 9.84 Å². The summed E-state index contributed by atoms with van der Waals surface area (Å²) in [6, 6.07) is 6.85. The summed E-state index contributed by atoms with van der Waals surface area (Å²) in [5, 5.41) is 25.3. The third kappa shape index (κ3) is 3.65. The average molecular weight is 471 g/mol. The van der Waals surface area contributed by atoms with E-state index in [1.165, 1.54) is 34.1 Å². The maximum Gasteiger partial charge on any atom is 0.338 e. The van der Waals surface area contributed by atoms with Crippen LogP contribution >= 0.6 is 22.7 Å². The molecule has 1 atom stereocenters. The number of hydrogen-bond acceptors (Lipinski definition) is 9. The first-order valence-corrected chi connectivity index (χ1v) is 11.2. The highest BCUT2D eigenvalue weighted by atomic mass is 32.1. The molecular weight excluding hydrogens is 454 g/mol. The molecule has 0 unspecified atom stereocenters. The van der Waals surface area contributed by atoms with Gasteiger partial charge in [0.25, 0.3) is 11.2 Å². The second-order valence-electron chi connectivity index (χ2n) is 6.77. The van der Waals surface area contributed by atoms with Gasteiger partial charge in [0.2, 0.25) is 0 Å². The van der Waals surface area contributed by atoms with Crippen LogP contribution in [0.2, 0.25) is 0 Å². The molecule has 9 nitrogen and oxygen atoms in total. The molecule has 0 saturated carbocycles. The van der Waals surface area contributed by atoms with E-state index in [1.807, 2.05) is 17.5 Å². The fourth-order valence-electron chi connectivity index (χ4n) is 3.45. The van der Waals surface area contributed by atoms with Crippen LogP contribution in [0.3, 0.4) is 0 Å². The van der Waals surface area contributed by atoms with Crippen molar-refractivity contribution in [3.8, 4) is 5.75 Å². The summed E-state index contributed by atoms with van der Waals surface area (Å²) in [7, 11) is 0. The number of hydrogen-bond donors (Lipinski definition) is 0. The molecule has 4 rings (SSSR count). The standard InChI is InChI=1S/C21H17N3O6S2/c1-3-30-20(27)16-11(2)22-21-23(17(16)14-8-5-9-31-14)19(26)15(32-21)10-12-6-4-7-13(18(12)25)24(28)29/h4-10,17,25H,3H2,1-2H3/p-1/b15-10+/t17-/m1/s1. The highest BCUT2D eigenvalue weighted by Gasteiger charge is 2.33. The highest BCUT2D eigenvalue weighted by Crippen LogP contribution is 2.33. The number of carbonyl (C=O) groups excluding carboxylic acids is 1. The van der Waals surface area contributed by atoms with Gasteiger partial charge in [-0.2, -0.15) is 0 Å². The van der Waals surface area contributed by atoms with Crippen LogP contribution in [0.5, 0.6) is 5.75 Å². The second kappa shape index (κ2) is 8.52. The van der Waals surface area contributed by atoms with Gasteiger partial charge in [-0.15, -0.1) is 11.3 Å². The molecule has 0 N–H and O–H groups in total. The molecule has 0 radical (unpaired) electrons. The molecule has 1 aliphatic rings. The maximum absolute atomic E-state index is 13.4. The first-order chi connectivity index (χ1) is 15.3. The van der Waals surface area contributed by atoms with E-state index in [0.29, 0.717) is 10.5 Å². The number of thiophene rings is 1. The minimum absolute atomic E-state index is 0.0264. The lowest BCUT2D eigenvalue weighted by molar-refractivity contribution is -0.398. The van der Waals surface area contributed by atoms with Gasteiger partial charge in [-0.3, -0.25) is 19.5 Å². The third-order valence-corrected chi connectivity index (χ3v) is 6.75. The zero-order valence-electron chi connectivity index (χ0n) is 16.9. The number of aromatic nitrogens is 1. The van der Waals surface area contributed by atoms with Crippen molar-refractivity contribution in [2.45, 2.75) is 19.9 Å². The van der Waals surface area contributed by atoms with Crippen molar-refractivity contribution in [2.24, 2.45) is 4.99 Å². The first-order valence-electron chi connectivity index (χ1n) is 9.51. The lowest BCUT2D eigenvalue weighted by Gasteiger charge is -2.23. The van der Waals surface area contributed by atoms with Crippen LogP contribution in [0.1, 0.15) is 30.3 Å². The zero-order valence-corrected chi connectivity index (χ0v) is 18.6. The number of rotatable bonds is 5. The van der Waals surface area contributed by atoms with E-state index in [9.17, 15) is 24.8 Å². The number of carbonyl (C=O) groups is 1. The van der Waals surface area contributed by atoms with Crippen molar-refractivity contribution in [1.82, 2.24) is 4.57 Å². The molecule has 3 heterocycles. The highest BCUT2D eigenvalue weighted by molar-refractivity contribution is 7.10. The number of fused-ring (bicyclic) bond motifs is 1. The summed E-state index contributed by atoms with van der Waals surface area (Å²) >= 11 is 2.44. The summed E-state index contributed by atoms with van der Waals surface area (Å²) in [6.45, 7) is 3.55. The molecule has 11 heteroatoms. The molecule has 164 valence electrons. The van der Waals surface area contributed by atoms with E-state index in [0.717, 1.165) is 22.3 Å². The number of thiazole rings is 1. The molecule has 0 saturated heterocycles. The molecule has 32 heavy (non-hydrogen) atoms. The minimum Gasteiger partial charge on any atom is -0.867 e. The van der Waals surface area contributed by atoms with Crippen LogP contribution in [-0.4, -0.2) is 22.1 Å². The molecule has 0 bridgehead atoms. The van der Waals surface area contributed by atoms with Crippen LogP contribution in [0.15, 0.2) is 56.8 Å². The van der Waals surface area contributed by atoms with Crippen molar-refractivity contribution in [1.29, 1.82) is 0 Å². The topological polar surface area (TPSA) is 127 Å². The Balaban J connectivity index is 1.95. The van der Waals surface area contributed by atoms with Gasteiger partial charge in [-0.05, 0) is 42.7 Å². The molecule has 0 amide bonds. The Hall–Kier alpha value is -3.57. The van der Waals surface area contributed by atoms with E-state index in [2.05, 4.69) is 4.99 Å². The van der Waals surface area contributed by atoms with Gasteiger partial charge in [0.1, 0.15) is 6.04 Å². The average Bonchev–Trinajstić information content (AvgIpc) is 3.37. The lowest BCUT2D eigenvalue weighted by Crippen LogP contribution is -2.39. The summed E-state index contributed by atoms with van der Waals surface area (Å²) in [6.07, 6.45) is 1.33. The summed E-state index contributed by atoms with van der Waals surface area (Å²) in [5.41, 5.74) is -0.281. The Labute approximate surface area is 189 Å². The van der Waals surface area contributed by atoms with E-state index in [-0.39, 0.29) is 22.3 Å². The van der Waals surface area contributed by atoms with Crippen LogP contribution in [-0.2, 0) is 9.53 Å². The summed E-state index contributed by atoms with van der Waals surface area (Å²) in [4.78, 5) is 42.0. The summed E-state index contributed by atoms with van der Waals surface area (Å²) < 4.78 is 6.80. The lowest BCUT2D eigenvalue weighted by atomic mass is 10.0. The number of esters is 1. The van der Waals surface area contributed by atoms with Crippen LogP contribution in [0.25, 0.3) is 6.08 Å². The van der Waals surface area contributed by atoms with Gasteiger partial charge in [-0.25, -0.2) is 9.79 Å². The van der Waals surface area contributed by atoms with Crippen LogP contribution < -0.4 is 20.0 Å². The van der Waals surface area contributed by atoms with Gasteiger partial charge in [0.05, 0.1) is 27.3 Å². The number of allylic oxidation sites excluding steroid dienone is 1. The molecule has 3 aromatic rings. The normalized spacial score (nSPS) is 15.9. The molecule has 1 aromatic carbocycles. The minimum atomic E-state index is -0.776. The number of ether oxygens (including phenoxy) is 1. The van der Waals surface area contributed by atoms with E-state index < -0.39 is 33.9 Å². The first kappa shape index (κ1) is 21.7. The van der Waals surface area contributed by atoms with Gasteiger partial charge in [-0.1, -0.05) is 29.5 Å². The van der Waals surface area contributed by atoms with Crippen molar-refractivity contribution < 1.29 is 19.6 Å². The Morgan fingerprint density at radius 1 is 1.34 bits per heavy atom. The number of nitro groups is 1. The number of nitrogens with zero attached hydrogens (tertiary/aromatic N) is 3. The Morgan fingerprint density at radius 2 is 2.12 bits per heavy atom. The Morgan fingerprint density at radius 3 is 2.78 bits per heavy atom. The monoisotopic (exact) mass is 470 g/mol. The quantitative estimate of drug-likeness (QED) is 0.318.